The van der Waals surface area contributed by atoms with Crippen molar-refractivity contribution in [3.8, 4) is 18.4 Å². The molecule has 0 amide bonds. The van der Waals surface area contributed by atoms with E-state index in [1.54, 1.807) is 24.3 Å². The van der Waals surface area contributed by atoms with Crippen LogP contribution >= 0.6 is 11.6 Å². The van der Waals surface area contributed by atoms with Gasteiger partial charge in [0.2, 0.25) is 0 Å². The van der Waals surface area contributed by atoms with E-state index in [0.717, 1.165) is 4.31 Å². The fourth-order valence-corrected chi connectivity index (χ4v) is 3.34. The van der Waals surface area contributed by atoms with Gasteiger partial charge in [0.1, 0.15) is 6.07 Å². The molecule has 0 spiro atoms. The van der Waals surface area contributed by atoms with Crippen LogP contribution in [0.1, 0.15) is 11.1 Å². The van der Waals surface area contributed by atoms with Gasteiger partial charge >= 0.3 is 0 Å². The smallest absolute Gasteiger partial charge is 0.264 e. The Hall–Kier alpha value is -2.47. The van der Waals surface area contributed by atoms with Gasteiger partial charge in [-0.2, -0.15) is 5.26 Å². The third-order valence-corrected chi connectivity index (χ3v) is 5.19. The van der Waals surface area contributed by atoms with Crippen LogP contribution in [0.2, 0.25) is 5.02 Å². The molecule has 0 saturated carbocycles. The predicted molar refractivity (Wildman–Crippen MR) is 86.1 cm³/mol. The second kappa shape index (κ2) is 6.11. The van der Waals surface area contributed by atoms with E-state index in [1.165, 1.54) is 25.2 Å². The second-order valence-electron chi connectivity index (χ2n) is 4.42. The first kappa shape index (κ1) is 15.9. The number of nitriles is 1. The summed E-state index contributed by atoms with van der Waals surface area (Å²) in [5.74, 6) is 2.46. The van der Waals surface area contributed by atoms with Crippen LogP contribution in [0.3, 0.4) is 0 Å². The Morgan fingerprint density at radius 1 is 1.23 bits per heavy atom. The fraction of sp³-hybridized carbons (Fsp3) is 0.0625. The van der Waals surface area contributed by atoms with Crippen molar-refractivity contribution < 1.29 is 8.42 Å². The van der Waals surface area contributed by atoms with Crippen LogP contribution in [0.4, 0.5) is 5.69 Å². The summed E-state index contributed by atoms with van der Waals surface area (Å²) in [6, 6.07) is 12.5. The summed E-state index contributed by atoms with van der Waals surface area (Å²) < 4.78 is 26.4. The van der Waals surface area contributed by atoms with Gasteiger partial charge in [0, 0.05) is 12.6 Å². The molecule has 2 rings (SSSR count). The van der Waals surface area contributed by atoms with Crippen molar-refractivity contribution >= 4 is 27.3 Å². The molecule has 0 N–H and O–H groups in total. The first-order valence-electron chi connectivity index (χ1n) is 6.15. The van der Waals surface area contributed by atoms with Crippen LogP contribution in [0, 0.1) is 23.7 Å². The summed E-state index contributed by atoms with van der Waals surface area (Å²) in [6.07, 6.45) is 5.32. The van der Waals surface area contributed by atoms with E-state index in [2.05, 4.69) is 5.92 Å². The zero-order chi connectivity index (χ0) is 16.3. The van der Waals surface area contributed by atoms with Crippen molar-refractivity contribution in [1.29, 1.82) is 5.26 Å². The van der Waals surface area contributed by atoms with Crippen LogP contribution in [-0.4, -0.2) is 15.5 Å². The first-order valence-corrected chi connectivity index (χ1v) is 7.97. The number of benzene rings is 2. The zero-order valence-electron chi connectivity index (χ0n) is 11.6. The van der Waals surface area contributed by atoms with Gasteiger partial charge in [-0.25, -0.2) is 8.42 Å². The number of hydrogen-bond acceptors (Lipinski definition) is 3. The number of nitrogens with zero attached hydrogens (tertiary/aromatic N) is 2. The second-order valence-corrected chi connectivity index (χ2v) is 6.80. The highest BCUT2D eigenvalue weighted by molar-refractivity contribution is 7.92. The van der Waals surface area contributed by atoms with E-state index < -0.39 is 10.0 Å². The van der Waals surface area contributed by atoms with E-state index in [4.69, 9.17) is 23.3 Å². The molecular formula is C16H11ClN2O2S. The summed E-state index contributed by atoms with van der Waals surface area (Å²) in [6.45, 7) is 0. The number of terminal acetylenes is 1. The minimum atomic E-state index is -3.79. The highest BCUT2D eigenvalue weighted by Gasteiger charge is 2.22. The number of halogens is 1. The molecule has 110 valence electrons. The topological polar surface area (TPSA) is 61.2 Å². The van der Waals surface area contributed by atoms with Crippen LogP contribution in [0.5, 0.6) is 0 Å². The molecule has 6 heteroatoms. The minimum absolute atomic E-state index is 0.00473. The van der Waals surface area contributed by atoms with Gasteiger partial charge in [-0.3, -0.25) is 4.31 Å². The summed E-state index contributed by atoms with van der Waals surface area (Å²) >= 11 is 5.90. The van der Waals surface area contributed by atoms with Gasteiger partial charge in [0.05, 0.1) is 21.2 Å². The molecule has 2 aromatic carbocycles. The molecular weight excluding hydrogens is 320 g/mol. The molecule has 0 fully saturated rings. The monoisotopic (exact) mass is 330 g/mol. The summed E-state index contributed by atoms with van der Waals surface area (Å²) in [7, 11) is -2.37. The Kier molecular flexibility index (Phi) is 4.42. The van der Waals surface area contributed by atoms with Gasteiger partial charge < -0.3 is 0 Å². The minimum Gasteiger partial charge on any atom is -0.269 e. The maximum absolute atomic E-state index is 12.6. The van der Waals surface area contributed by atoms with Gasteiger partial charge in [-0.1, -0.05) is 23.6 Å². The Balaban J connectivity index is 2.48. The van der Waals surface area contributed by atoms with Crippen molar-refractivity contribution in [2.45, 2.75) is 4.90 Å². The Labute approximate surface area is 134 Å². The van der Waals surface area contributed by atoms with Crippen molar-refractivity contribution in [2.24, 2.45) is 0 Å². The molecule has 2 aromatic rings. The quantitative estimate of drug-likeness (QED) is 0.813. The molecule has 22 heavy (non-hydrogen) atoms. The average molecular weight is 331 g/mol. The van der Waals surface area contributed by atoms with E-state index >= 15 is 0 Å². The average Bonchev–Trinajstić information content (AvgIpc) is 2.54. The number of hydrogen-bond donors (Lipinski definition) is 0. The van der Waals surface area contributed by atoms with Crippen molar-refractivity contribution in [3.05, 3.63) is 58.6 Å². The van der Waals surface area contributed by atoms with Gasteiger partial charge in [-0.05, 0) is 36.4 Å². The fourth-order valence-electron chi connectivity index (χ4n) is 1.84. The maximum Gasteiger partial charge on any atom is 0.264 e. The molecule has 0 bridgehead atoms. The highest BCUT2D eigenvalue weighted by Crippen LogP contribution is 2.26. The van der Waals surface area contributed by atoms with Crippen LogP contribution < -0.4 is 4.31 Å². The first-order chi connectivity index (χ1) is 10.4. The predicted octanol–water partition coefficient (Wildman–Crippen LogP) is 3.02. The molecule has 4 nitrogen and oxygen atoms in total. The molecule has 0 heterocycles. The molecule has 0 aliphatic carbocycles. The van der Waals surface area contributed by atoms with Crippen LogP contribution in [0.25, 0.3) is 0 Å². The summed E-state index contributed by atoms with van der Waals surface area (Å²) in [5.41, 5.74) is 1.24. The summed E-state index contributed by atoms with van der Waals surface area (Å²) in [5, 5.41) is 8.94. The third kappa shape index (κ3) is 2.92. The van der Waals surface area contributed by atoms with E-state index in [1.807, 2.05) is 6.07 Å². The summed E-state index contributed by atoms with van der Waals surface area (Å²) in [4.78, 5) is 0.00473. The molecule has 0 atom stereocenters. The van der Waals surface area contributed by atoms with Crippen molar-refractivity contribution in [3.63, 3.8) is 0 Å². The van der Waals surface area contributed by atoms with E-state index in [-0.39, 0.29) is 15.5 Å². The number of sulfonamides is 1. The molecule has 0 saturated heterocycles. The SMILES string of the molecule is C#Cc1cccc(N(C)S(=O)(=O)c2ccc(C#N)c(Cl)c2)c1. The lowest BCUT2D eigenvalue weighted by Gasteiger charge is -2.20. The lowest BCUT2D eigenvalue weighted by atomic mass is 10.2. The Bertz CT molecular complexity index is 908. The van der Waals surface area contributed by atoms with E-state index in [0.29, 0.717) is 11.3 Å². The Morgan fingerprint density at radius 2 is 1.95 bits per heavy atom. The maximum atomic E-state index is 12.6. The lowest BCUT2D eigenvalue weighted by Crippen LogP contribution is -2.26. The Morgan fingerprint density at radius 3 is 2.55 bits per heavy atom. The van der Waals surface area contributed by atoms with Gasteiger partial charge in [-0.15, -0.1) is 6.42 Å². The third-order valence-electron chi connectivity index (χ3n) is 3.10. The molecule has 0 aliphatic heterocycles. The van der Waals surface area contributed by atoms with Gasteiger partial charge in [0.15, 0.2) is 0 Å². The molecule has 0 aliphatic rings. The normalized spacial score (nSPS) is 10.5. The zero-order valence-corrected chi connectivity index (χ0v) is 13.2. The standard InChI is InChI=1S/C16H11ClN2O2S/c1-3-12-5-4-6-14(9-12)19(2)22(20,21)15-8-7-13(11-18)16(17)10-15/h1,4-10H,2H3. The largest absolute Gasteiger partial charge is 0.269 e. The van der Waals surface area contributed by atoms with Crippen molar-refractivity contribution in [2.75, 3.05) is 11.4 Å². The molecule has 0 radical (unpaired) electrons. The lowest BCUT2D eigenvalue weighted by molar-refractivity contribution is 0.594. The number of anilines is 1. The molecule has 0 aromatic heterocycles. The van der Waals surface area contributed by atoms with Crippen LogP contribution in [-0.2, 0) is 10.0 Å². The van der Waals surface area contributed by atoms with E-state index in [9.17, 15) is 8.42 Å². The van der Waals surface area contributed by atoms with Crippen LogP contribution in [0.15, 0.2) is 47.4 Å². The van der Waals surface area contributed by atoms with Crippen molar-refractivity contribution in [1.82, 2.24) is 0 Å². The highest BCUT2D eigenvalue weighted by atomic mass is 35.5. The molecule has 0 unspecified atom stereocenters. The van der Waals surface area contributed by atoms with Gasteiger partial charge in [0.25, 0.3) is 10.0 Å². The number of rotatable bonds is 3.